The summed E-state index contributed by atoms with van der Waals surface area (Å²) < 4.78 is 10.6. The van der Waals surface area contributed by atoms with E-state index in [1.54, 1.807) is 24.4 Å². The molecule has 0 unspecified atom stereocenters. The van der Waals surface area contributed by atoms with Gasteiger partial charge in [-0.25, -0.2) is 4.98 Å². The molecule has 33 heavy (non-hydrogen) atoms. The average Bonchev–Trinajstić information content (AvgIpc) is 2.79. The summed E-state index contributed by atoms with van der Waals surface area (Å²) >= 11 is 12.9. The van der Waals surface area contributed by atoms with Gasteiger partial charge in [-0.2, -0.15) is 4.98 Å². The number of ether oxygens (including phenoxy) is 2. The van der Waals surface area contributed by atoms with Gasteiger partial charge in [-0.3, -0.25) is 4.79 Å². The van der Waals surface area contributed by atoms with Crippen LogP contribution in [0.3, 0.4) is 0 Å². The van der Waals surface area contributed by atoms with Gasteiger partial charge in [0, 0.05) is 35.2 Å². The third-order valence-electron chi connectivity index (χ3n) is 5.24. The lowest BCUT2D eigenvalue weighted by Gasteiger charge is -2.14. The number of nitrogens with two attached hydrogens (primary N) is 1. The van der Waals surface area contributed by atoms with Crippen LogP contribution in [0.5, 0.6) is 11.5 Å². The minimum atomic E-state index is -0.323. The number of hydrogen-bond acceptors (Lipinski definition) is 7. The Morgan fingerprint density at radius 3 is 2.45 bits per heavy atom. The lowest BCUT2D eigenvalue weighted by atomic mass is 10.0. The van der Waals surface area contributed by atoms with Gasteiger partial charge in [0.25, 0.3) is 5.56 Å². The van der Waals surface area contributed by atoms with Gasteiger partial charge in [-0.05, 0) is 24.6 Å². The number of aryl methyl sites for hydroxylation is 1. The van der Waals surface area contributed by atoms with E-state index in [4.69, 9.17) is 38.4 Å². The van der Waals surface area contributed by atoms with Crippen molar-refractivity contribution in [1.82, 2.24) is 15.0 Å². The average molecular weight is 486 g/mol. The predicted octanol–water partition coefficient (Wildman–Crippen LogP) is 4.87. The van der Waals surface area contributed by atoms with Crippen LogP contribution in [0.25, 0.3) is 11.0 Å². The zero-order valence-electron chi connectivity index (χ0n) is 18.1. The largest absolute Gasteiger partial charge is 0.495 e. The Labute approximate surface area is 199 Å². The number of nitrogens with one attached hydrogen (secondary N) is 2. The van der Waals surface area contributed by atoms with Crippen molar-refractivity contribution < 1.29 is 9.47 Å². The number of rotatable bonds is 6. The highest BCUT2D eigenvalue weighted by Gasteiger charge is 2.19. The Bertz CT molecular complexity index is 1370. The summed E-state index contributed by atoms with van der Waals surface area (Å²) in [7, 11) is 2.99. The smallest absolute Gasteiger partial charge is 0.253 e. The molecule has 0 saturated heterocycles. The molecule has 0 aliphatic rings. The second kappa shape index (κ2) is 9.17. The van der Waals surface area contributed by atoms with E-state index in [0.717, 1.165) is 5.56 Å². The van der Waals surface area contributed by atoms with Gasteiger partial charge in [0.05, 0.1) is 35.6 Å². The van der Waals surface area contributed by atoms with Gasteiger partial charge < -0.3 is 25.5 Å². The summed E-state index contributed by atoms with van der Waals surface area (Å²) in [4.78, 5) is 24.4. The third-order valence-corrected chi connectivity index (χ3v) is 6.07. The Morgan fingerprint density at radius 2 is 1.82 bits per heavy atom. The third kappa shape index (κ3) is 4.40. The molecule has 0 spiro atoms. The van der Waals surface area contributed by atoms with Gasteiger partial charge in [0.1, 0.15) is 17.1 Å². The molecule has 0 saturated carbocycles. The maximum Gasteiger partial charge on any atom is 0.253 e. The molecule has 0 bridgehead atoms. The number of nitrogens with zero attached hydrogens (tertiary/aromatic N) is 2. The summed E-state index contributed by atoms with van der Waals surface area (Å²) in [6.45, 7) is 1.93. The minimum Gasteiger partial charge on any atom is -0.495 e. The van der Waals surface area contributed by atoms with Crippen molar-refractivity contribution in [2.75, 3.05) is 25.3 Å². The summed E-state index contributed by atoms with van der Waals surface area (Å²) in [6, 6.07) is 8.89. The van der Waals surface area contributed by atoms with Crippen LogP contribution >= 0.6 is 23.2 Å². The first-order chi connectivity index (χ1) is 15.8. The lowest BCUT2D eigenvalue weighted by Crippen LogP contribution is -2.14. The molecule has 2 aromatic carbocycles. The van der Waals surface area contributed by atoms with E-state index in [2.05, 4.69) is 20.3 Å². The van der Waals surface area contributed by atoms with E-state index in [9.17, 15) is 4.79 Å². The van der Waals surface area contributed by atoms with Crippen molar-refractivity contribution in [3.63, 3.8) is 0 Å². The molecule has 8 nitrogen and oxygen atoms in total. The summed E-state index contributed by atoms with van der Waals surface area (Å²) in [5.41, 5.74) is 9.31. The Balaban J connectivity index is 1.71. The van der Waals surface area contributed by atoms with Gasteiger partial charge in [0.2, 0.25) is 5.95 Å². The standard InChI is InChI=1S/C23H21Cl2N5O3/c1-11-5-4-6-15(26)20(11)28-23-27-10-13-7-12(22(31)29-21(13)30-23)8-14-18(24)16(32-2)9-17(33-3)19(14)25/h4-7,9-10H,8,26H2,1-3H3,(H2,27,28,29,30,31). The molecule has 0 radical (unpaired) electrons. The molecule has 170 valence electrons. The second-order valence-electron chi connectivity index (χ2n) is 7.35. The highest BCUT2D eigenvalue weighted by molar-refractivity contribution is 6.37. The number of halogens is 2. The van der Waals surface area contributed by atoms with E-state index < -0.39 is 0 Å². The van der Waals surface area contributed by atoms with Crippen LogP contribution < -0.4 is 26.1 Å². The molecular formula is C23H21Cl2N5O3. The highest BCUT2D eigenvalue weighted by atomic mass is 35.5. The number of pyridine rings is 1. The van der Waals surface area contributed by atoms with Crippen LogP contribution in [-0.4, -0.2) is 29.2 Å². The maximum absolute atomic E-state index is 12.8. The number of H-pyrrole nitrogens is 1. The highest BCUT2D eigenvalue weighted by Crippen LogP contribution is 2.41. The van der Waals surface area contributed by atoms with Crippen molar-refractivity contribution in [1.29, 1.82) is 0 Å². The van der Waals surface area contributed by atoms with Crippen LogP contribution in [0.1, 0.15) is 16.7 Å². The number of hydrogen-bond donors (Lipinski definition) is 3. The molecule has 2 aromatic heterocycles. The molecule has 0 fully saturated rings. The van der Waals surface area contributed by atoms with Crippen LogP contribution in [0.2, 0.25) is 10.0 Å². The summed E-state index contributed by atoms with van der Waals surface area (Å²) in [5.74, 6) is 1.12. The molecular weight excluding hydrogens is 465 g/mol. The van der Waals surface area contributed by atoms with Crippen molar-refractivity contribution in [3.05, 3.63) is 73.6 Å². The SMILES string of the molecule is COc1cc(OC)c(Cl)c(Cc2cc3cnc(Nc4c(C)cccc4N)nc3[nH]c2=O)c1Cl. The molecule has 4 N–H and O–H groups in total. The Morgan fingerprint density at radius 1 is 1.12 bits per heavy atom. The zero-order chi connectivity index (χ0) is 23.7. The van der Waals surface area contributed by atoms with Gasteiger partial charge in [0.15, 0.2) is 0 Å². The maximum atomic E-state index is 12.8. The zero-order valence-corrected chi connectivity index (χ0v) is 19.6. The quantitative estimate of drug-likeness (QED) is 0.333. The van der Waals surface area contributed by atoms with Gasteiger partial charge in [-0.1, -0.05) is 35.3 Å². The Hall–Kier alpha value is -3.49. The predicted molar refractivity (Wildman–Crippen MR) is 131 cm³/mol. The van der Waals surface area contributed by atoms with Crippen LogP contribution in [-0.2, 0) is 6.42 Å². The fourth-order valence-corrected chi connectivity index (χ4v) is 4.12. The topological polar surface area (TPSA) is 115 Å². The summed E-state index contributed by atoms with van der Waals surface area (Å²) in [6.07, 6.45) is 1.78. The number of anilines is 3. The number of nitrogen functional groups attached to an aromatic ring is 1. The van der Waals surface area contributed by atoms with E-state index in [-0.39, 0.29) is 12.0 Å². The minimum absolute atomic E-state index is 0.163. The summed E-state index contributed by atoms with van der Waals surface area (Å²) in [5, 5.41) is 4.39. The first-order valence-corrected chi connectivity index (χ1v) is 10.7. The number of para-hydroxylation sites is 1. The molecule has 0 aliphatic heterocycles. The van der Waals surface area contributed by atoms with Crippen LogP contribution in [0.4, 0.5) is 17.3 Å². The van der Waals surface area contributed by atoms with E-state index in [1.165, 1.54) is 14.2 Å². The van der Waals surface area contributed by atoms with Gasteiger partial charge >= 0.3 is 0 Å². The second-order valence-corrected chi connectivity index (χ2v) is 8.11. The molecule has 2 heterocycles. The van der Waals surface area contributed by atoms with Crippen LogP contribution in [0.15, 0.2) is 41.3 Å². The van der Waals surface area contributed by atoms with Crippen molar-refractivity contribution in [2.24, 2.45) is 0 Å². The lowest BCUT2D eigenvalue weighted by molar-refractivity contribution is 0.394. The molecule has 4 rings (SSSR count). The fraction of sp³-hybridized carbons (Fsp3) is 0.174. The van der Waals surface area contributed by atoms with E-state index >= 15 is 0 Å². The number of aromatic nitrogens is 3. The number of fused-ring (bicyclic) bond motifs is 1. The van der Waals surface area contributed by atoms with Crippen molar-refractivity contribution >= 4 is 51.6 Å². The Kier molecular flexibility index (Phi) is 6.31. The van der Waals surface area contributed by atoms with Crippen molar-refractivity contribution in [3.8, 4) is 11.5 Å². The number of benzene rings is 2. The van der Waals surface area contributed by atoms with E-state index in [0.29, 0.717) is 61.0 Å². The van der Waals surface area contributed by atoms with Gasteiger partial charge in [-0.15, -0.1) is 0 Å². The molecule has 4 aromatic rings. The molecule has 10 heteroatoms. The molecule has 0 amide bonds. The first-order valence-electron chi connectivity index (χ1n) is 9.92. The molecule has 0 atom stereocenters. The first kappa shape index (κ1) is 22.7. The monoisotopic (exact) mass is 485 g/mol. The number of methoxy groups -OCH3 is 2. The van der Waals surface area contributed by atoms with Crippen molar-refractivity contribution in [2.45, 2.75) is 13.3 Å². The van der Waals surface area contributed by atoms with E-state index in [1.807, 2.05) is 19.1 Å². The number of aromatic amines is 1. The fourth-order valence-electron chi connectivity index (χ4n) is 3.48. The molecule has 0 aliphatic carbocycles. The normalized spacial score (nSPS) is 10.9. The van der Waals surface area contributed by atoms with Crippen LogP contribution in [0, 0.1) is 6.92 Å².